The molecule has 1 aliphatic rings. The topological polar surface area (TPSA) is 27.0 Å². The molecule has 1 saturated heterocycles. The first-order valence-electron chi connectivity index (χ1n) is 4.55. The predicted octanol–water partition coefficient (Wildman–Crippen LogP) is 1.99. The summed E-state index contributed by atoms with van der Waals surface area (Å²) in [4.78, 5) is 2.41. The van der Waals surface area contributed by atoms with Gasteiger partial charge in [0.15, 0.2) is 0 Å². The molecular weight excluding hydrogens is 172 g/mol. The number of nitriles is 1. The second kappa shape index (κ2) is 5.40. The lowest BCUT2D eigenvalue weighted by molar-refractivity contribution is 0.269. The van der Waals surface area contributed by atoms with E-state index < -0.39 is 0 Å². The van der Waals surface area contributed by atoms with Crippen molar-refractivity contribution in [2.24, 2.45) is 0 Å². The molecule has 0 saturated carbocycles. The summed E-state index contributed by atoms with van der Waals surface area (Å²) in [5.41, 5.74) is 0. The standard InChI is InChI=1S/C9H15ClN2/c10-8-9-4-3-7-12(9)6-2-1-5-11/h9H,1-4,6-8H2. The van der Waals surface area contributed by atoms with Gasteiger partial charge in [-0.05, 0) is 32.4 Å². The fraction of sp³-hybridized carbons (Fsp3) is 0.889. The minimum Gasteiger partial charge on any atom is -0.299 e. The number of hydrogen-bond donors (Lipinski definition) is 0. The van der Waals surface area contributed by atoms with Gasteiger partial charge in [-0.3, -0.25) is 4.90 Å². The second-order valence-corrected chi connectivity index (χ2v) is 3.56. The highest BCUT2D eigenvalue weighted by atomic mass is 35.5. The van der Waals surface area contributed by atoms with E-state index in [1.54, 1.807) is 0 Å². The number of alkyl halides is 1. The molecule has 0 aromatic carbocycles. The van der Waals surface area contributed by atoms with Crippen LogP contribution in [0.1, 0.15) is 25.7 Å². The zero-order valence-electron chi connectivity index (χ0n) is 7.30. The van der Waals surface area contributed by atoms with Crippen LogP contribution in [-0.2, 0) is 0 Å². The summed E-state index contributed by atoms with van der Waals surface area (Å²) >= 11 is 5.81. The van der Waals surface area contributed by atoms with Gasteiger partial charge in [-0.1, -0.05) is 0 Å². The van der Waals surface area contributed by atoms with Gasteiger partial charge in [-0.2, -0.15) is 5.26 Å². The molecule has 1 atom stereocenters. The SMILES string of the molecule is N#CCCCN1CCCC1CCl. The van der Waals surface area contributed by atoms with Crippen molar-refractivity contribution in [2.75, 3.05) is 19.0 Å². The Labute approximate surface area is 79.1 Å². The highest BCUT2D eigenvalue weighted by molar-refractivity contribution is 6.18. The summed E-state index contributed by atoms with van der Waals surface area (Å²) in [5, 5.41) is 8.37. The molecule has 1 aliphatic heterocycles. The van der Waals surface area contributed by atoms with Gasteiger partial charge in [-0.15, -0.1) is 11.6 Å². The number of likely N-dealkylation sites (tertiary alicyclic amines) is 1. The van der Waals surface area contributed by atoms with Crippen LogP contribution in [0.4, 0.5) is 0 Å². The van der Waals surface area contributed by atoms with Gasteiger partial charge in [0, 0.05) is 18.3 Å². The van der Waals surface area contributed by atoms with E-state index in [4.69, 9.17) is 16.9 Å². The first-order valence-corrected chi connectivity index (χ1v) is 5.09. The number of rotatable bonds is 4. The van der Waals surface area contributed by atoms with E-state index in [-0.39, 0.29) is 0 Å². The quantitative estimate of drug-likeness (QED) is 0.496. The van der Waals surface area contributed by atoms with Gasteiger partial charge in [0.05, 0.1) is 6.07 Å². The average Bonchev–Trinajstić information content (AvgIpc) is 2.52. The van der Waals surface area contributed by atoms with Crippen molar-refractivity contribution in [3.8, 4) is 6.07 Å². The van der Waals surface area contributed by atoms with Crippen molar-refractivity contribution in [1.82, 2.24) is 4.90 Å². The van der Waals surface area contributed by atoms with Crippen LogP contribution >= 0.6 is 11.6 Å². The molecule has 1 fully saturated rings. The molecule has 1 heterocycles. The van der Waals surface area contributed by atoms with Crippen molar-refractivity contribution < 1.29 is 0 Å². The van der Waals surface area contributed by atoms with Crippen molar-refractivity contribution in [3.05, 3.63) is 0 Å². The largest absolute Gasteiger partial charge is 0.299 e. The Morgan fingerprint density at radius 2 is 2.42 bits per heavy atom. The third-order valence-electron chi connectivity index (χ3n) is 2.41. The van der Waals surface area contributed by atoms with Crippen molar-refractivity contribution in [2.45, 2.75) is 31.7 Å². The van der Waals surface area contributed by atoms with Crippen LogP contribution in [0.5, 0.6) is 0 Å². The van der Waals surface area contributed by atoms with Gasteiger partial charge in [0.1, 0.15) is 0 Å². The Balaban J connectivity index is 2.18. The molecule has 0 aromatic rings. The van der Waals surface area contributed by atoms with E-state index in [9.17, 15) is 0 Å². The monoisotopic (exact) mass is 186 g/mol. The van der Waals surface area contributed by atoms with E-state index >= 15 is 0 Å². The minimum absolute atomic E-state index is 0.574. The number of halogens is 1. The van der Waals surface area contributed by atoms with Crippen LogP contribution in [0.3, 0.4) is 0 Å². The molecule has 0 aromatic heterocycles. The first-order chi connectivity index (χ1) is 5.88. The molecule has 0 amide bonds. The lowest BCUT2D eigenvalue weighted by Gasteiger charge is -2.21. The first kappa shape index (κ1) is 9.83. The van der Waals surface area contributed by atoms with Gasteiger partial charge in [0.2, 0.25) is 0 Å². The Kier molecular flexibility index (Phi) is 4.42. The van der Waals surface area contributed by atoms with Crippen LogP contribution in [-0.4, -0.2) is 29.9 Å². The summed E-state index contributed by atoms with van der Waals surface area (Å²) in [6.45, 7) is 2.22. The lowest BCUT2D eigenvalue weighted by atomic mass is 10.2. The number of hydrogen-bond acceptors (Lipinski definition) is 2. The van der Waals surface area contributed by atoms with E-state index in [0.717, 1.165) is 18.8 Å². The maximum absolute atomic E-state index is 8.37. The minimum atomic E-state index is 0.574. The molecule has 0 aliphatic carbocycles. The lowest BCUT2D eigenvalue weighted by Crippen LogP contribution is -2.31. The summed E-state index contributed by atoms with van der Waals surface area (Å²) < 4.78 is 0. The molecule has 0 spiro atoms. The van der Waals surface area contributed by atoms with Crippen LogP contribution in [0.2, 0.25) is 0 Å². The summed E-state index contributed by atoms with van der Waals surface area (Å²) in [6, 6.07) is 2.74. The normalized spacial score (nSPS) is 24.2. The fourth-order valence-electron chi connectivity index (χ4n) is 1.73. The molecule has 0 bridgehead atoms. The highest BCUT2D eigenvalue weighted by Gasteiger charge is 2.22. The highest BCUT2D eigenvalue weighted by Crippen LogP contribution is 2.18. The molecule has 0 N–H and O–H groups in total. The molecule has 2 nitrogen and oxygen atoms in total. The zero-order valence-corrected chi connectivity index (χ0v) is 8.06. The second-order valence-electron chi connectivity index (χ2n) is 3.25. The smallest absolute Gasteiger partial charge is 0.0622 e. The van der Waals surface area contributed by atoms with E-state index in [1.807, 2.05) is 0 Å². The Hall–Kier alpha value is -0.260. The molecule has 12 heavy (non-hydrogen) atoms. The van der Waals surface area contributed by atoms with Gasteiger partial charge >= 0.3 is 0 Å². The van der Waals surface area contributed by atoms with Crippen molar-refractivity contribution in [1.29, 1.82) is 5.26 Å². The Bertz CT molecular complexity index is 164. The van der Waals surface area contributed by atoms with Crippen LogP contribution in [0.15, 0.2) is 0 Å². The van der Waals surface area contributed by atoms with Crippen LogP contribution in [0.25, 0.3) is 0 Å². The summed E-state index contributed by atoms with van der Waals surface area (Å²) in [7, 11) is 0. The average molecular weight is 187 g/mol. The maximum atomic E-state index is 8.37. The number of unbranched alkanes of at least 4 members (excludes halogenated alkanes) is 1. The predicted molar refractivity (Wildman–Crippen MR) is 50.2 cm³/mol. The maximum Gasteiger partial charge on any atom is 0.0622 e. The van der Waals surface area contributed by atoms with Gasteiger partial charge in [0.25, 0.3) is 0 Å². The van der Waals surface area contributed by atoms with Crippen molar-refractivity contribution >= 4 is 11.6 Å². The van der Waals surface area contributed by atoms with E-state index in [2.05, 4.69) is 11.0 Å². The molecule has 1 rings (SSSR count). The zero-order chi connectivity index (χ0) is 8.81. The van der Waals surface area contributed by atoms with Crippen LogP contribution in [0, 0.1) is 11.3 Å². The van der Waals surface area contributed by atoms with E-state index in [0.29, 0.717) is 12.5 Å². The molecule has 68 valence electrons. The van der Waals surface area contributed by atoms with Gasteiger partial charge < -0.3 is 0 Å². The molecule has 3 heteroatoms. The Morgan fingerprint density at radius 3 is 3.08 bits per heavy atom. The molecular formula is C9H15ClN2. The summed E-state index contributed by atoms with van der Waals surface area (Å²) in [5.74, 6) is 0.743. The third-order valence-corrected chi connectivity index (χ3v) is 2.77. The molecule has 0 radical (unpaired) electrons. The van der Waals surface area contributed by atoms with Crippen LogP contribution < -0.4 is 0 Å². The number of nitrogens with zero attached hydrogens (tertiary/aromatic N) is 2. The van der Waals surface area contributed by atoms with Gasteiger partial charge in [-0.25, -0.2) is 0 Å². The molecule has 1 unspecified atom stereocenters. The van der Waals surface area contributed by atoms with Crippen molar-refractivity contribution in [3.63, 3.8) is 0 Å². The van der Waals surface area contributed by atoms with E-state index in [1.165, 1.54) is 19.4 Å². The Morgan fingerprint density at radius 1 is 1.58 bits per heavy atom. The summed E-state index contributed by atoms with van der Waals surface area (Å²) in [6.07, 6.45) is 4.16. The fourth-order valence-corrected chi connectivity index (χ4v) is 2.07. The third kappa shape index (κ3) is 2.66.